The third kappa shape index (κ3) is 3.55. The third-order valence-corrected chi connectivity index (χ3v) is 5.01. The molecule has 0 radical (unpaired) electrons. The second-order valence-corrected chi connectivity index (χ2v) is 7.29. The zero-order chi connectivity index (χ0) is 16.4. The molecule has 0 unspecified atom stereocenters. The minimum Gasteiger partial charge on any atom is -0.380 e. The van der Waals surface area contributed by atoms with Gasteiger partial charge in [0, 0.05) is 19.7 Å². The highest BCUT2D eigenvalue weighted by molar-refractivity contribution is 9.10. The molecule has 0 amide bonds. The molecule has 0 atom stereocenters. The summed E-state index contributed by atoms with van der Waals surface area (Å²) in [6.07, 6.45) is 0.892. The Labute approximate surface area is 151 Å². The van der Waals surface area contributed by atoms with Gasteiger partial charge in [-0.2, -0.15) is 0 Å². The Morgan fingerprint density at radius 1 is 1.30 bits per heavy atom. The molecular weight excluding hydrogens is 407 g/mol. The molecule has 2 aromatic rings. The number of hydrogen-bond donors (Lipinski definition) is 0. The maximum absolute atomic E-state index is 14.5. The van der Waals surface area contributed by atoms with Crippen LogP contribution in [0, 0.1) is 5.82 Å². The van der Waals surface area contributed by atoms with Crippen LogP contribution in [0.1, 0.15) is 13.3 Å². The fourth-order valence-corrected chi connectivity index (χ4v) is 3.83. The first-order valence-electron chi connectivity index (χ1n) is 7.29. The lowest BCUT2D eigenvalue weighted by Crippen LogP contribution is -2.27. The molecule has 124 valence electrons. The second-order valence-electron chi connectivity index (χ2n) is 4.95. The lowest BCUT2D eigenvalue weighted by Gasteiger charge is -2.23. The van der Waals surface area contributed by atoms with E-state index in [9.17, 15) is 4.39 Å². The number of ether oxygens (including phenoxy) is 1. The van der Waals surface area contributed by atoms with E-state index in [1.165, 1.54) is 11.8 Å². The zero-order valence-corrected chi connectivity index (χ0v) is 15.6. The first-order chi connectivity index (χ1) is 11.1. The van der Waals surface area contributed by atoms with Crippen molar-refractivity contribution in [3.8, 4) is 0 Å². The van der Waals surface area contributed by atoms with Crippen molar-refractivity contribution in [2.45, 2.75) is 18.5 Å². The van der Waals surface area contributed by atoms with Crippen molar-refractivity contribution in [3.63, 3.8) is 0 Å². The first-order valence-corrected chi connectivity index (χ1v) is 9.45. The molecule has 1 aliphatic rings. The van der Waals surface area contributed by atoms with Gasteiger partial charge in [0.15, 0.2) is 16.1 Å². The van der Waals surface area contributed by atoms with Gasteiger partial charge in [-0.25, -0.2) is 19.3 Å². The summed E-state index contributed by atoms with van der Waals surface area (Å²) in [6.45, 7) is 4.82. The van der Waals surface area contributed by atoms with E-state index in [4.69, 9.17) is 16.3 Å². The van der Waals surface area contributed by atoms with Crippen molar-refractivity contribution < 1.29 is 9.13 Å². The average molecular weight is 422 g/mol. The molecule has 0 bridgehead atoms. The summed E-state index contributed by atoms with van der Waals surface area (Å²) in [5.74, 6) is 0.860. The van der Waals surface area contributed by atoms with Crippen molar-refractivity contribution in [2.24, 2.45) is 0 Å². The third-order valence-electron chi connectivity index (χ3n) is 3.46. The highest BCUT2D eigenvalue weighted by atomic mass is 79.9. The van der Waals surface area contributed by atoms with E-state index in [-0.39, 0.29) is 10.7 Å². The van der Waals surface area contributed by atoms with Gasteiger partial charge in [-0.3, -0.25) is 0 Å². The summed E-state index contributed by atoms with van der Waals surface area (Å²) in [7, 11) is 0. The van der Waals surface area contributed by atoms with E-state index in [1.54, 1.807) is 0 Å². The molecule has 23 heavy (non-hydrogen) atoms. The van der Waals surface area contributed by atoms with Crippen LogP contribution in [0.4, 0.5) is 10.2 Å². The molecule has 3 heterocycles. The molecule has 0 spiro atoms. The molecule has 1 aliphatic heterocycles. The predicted octanol–water partition coefficient (Wildman–Crippen LogP) is 3.92. The average Bonchev–Trinajstić information content (AvgIpc) is 2.81. The number of anilines is 1. The Hall–Kier alpha value is -0.700. The maximum Gasteiger partial charge on any atom is 0.190 e. The van der Waals surface area contributed by atoms with Crippen molar-refractivity contribution >= 4 is 56.0 Å². The molecule has 0 aliphatic carbocycles. The molecule has 0 aromatic carbocycles. The molecule has 5 nitrogen and oxygen atoms in total. The van der Waals surface area contributed by atoms with E-state index in [1.807, 2.05) is 6.92 Å². The van der Waals surface area contributed by atoms with E-state index >= 15 is 0 Å². The van der Waals surface area contributed by atoms with Gasteiger partial charge in [0.1, 0.15) is 15.9 Å². The zero-order valence-electron chi connectivity index (χ0n) is 12.5. The summed E-state index contributed by atoms with van der Waals surface area (Å²) >= 11 is 10.7. The van der Waals surface area contributed by atoms with Gasteiger partial charge >= 0.3 is 0 Å². The summed E-state index contributed by atoms with van der Waals surface area (Å²) in [5.41, 5.74) is 0.197. The first kappa shape index (κ1) is 17.1. The Morgan fingerprint density at radius 3 is 2.91 bits per heavy atom. The van der Waals surface area contributed by atoms with Crippen molar-refractivity contribution in [1.82, 2.24) is 15.0 Å². The summed E-state index contributed by atoms with van der Waals surface area (Å²) < 4.78 is 20.4. The summed E-state index contributed by atoms with van der Waals surface area (Å²) in [4.78, 5) is 15.1. The standard InChI is InChI=1S/C14H15BrClFN4OS/c1-2-23-14-18-10-8(11(15)19-12(16)9(10)17)13(20-14)21-4-3-6-22-7-5-21/h2-7H2,1H3. The molecule has 2 aromatic heterocycles. The minimum atomic E-state index is -0.613. The number of aromatic nitrogens is 3. The SMILES string of the molecule is CCSc1nc(N2CCCOCC2)c2c(Br)nc(Cl)c(F)c2n1. The van der Waals surface area contributed by atoms with Crippen LogP contribution < -0.4 is 4.90 Å². The van der Waals surface area contributed by atoms with Crippen LogP contribution >= 0.6 is 39.3 Å². The smallest absolute Gasteiger partial charge is 0.190 e. The molecular formula is C14H15BrClFN4OS. The highest BCUT2D eigenvalue weighted by Gasteiger charge is 2.22. The van der Waals surface area contributed by atoms with Crippen molar-refractivity contribution in [3.05, 3.63) is 15.6 Å². The number of pyridine rings is 1. The Bertz CT molecular complexity index is 728. The molecule has 1 fully saturated rings. The fourth-order valence-electron chi connectivity index (χ4n) is 2.45. The molecule has 1 saturated heterocycles. The Balaban J connectivity index is 2.22. The normalized spacial score (nSPS) is 15.9. The quantitative estimate of drug-likeness (QED) is 0.425. The lowest BCUT2D eigenvalue weighted by molar-refractivity contribution is 0.152. The van der Waals surface area contributed by atoms with Gasteiger partial charge in [0.2, 0.25) is 0 Å². The van der Waals surface area contributed by atoms with Gasteiger partial charge in [-0.1, -0.05) is 30.3 Å². The predicted molar refractivity (Wildman–Crippen MR) is 94.0 cm³/mol. The van der Waals surface area contributed by atoms with Crippen LogP contribution in [0.5, 0.6) is 0 Å². The largest absolute Gasteiger partial charge is 0.380 e. The number of thioether (sulfide) groups is 1. The molecule has 0 saturated carbocycles. The molecule has 9 heteroatoms. The maximum atomic E-state index is 14.5. The second kappa shape index (κ2) is 7.46. The monoisotopic (exact) mass is 420 g/mol. The van der Waals surface area contributed by atoms with Crippen LogP contribution in [0.15, 0.2) is 9.76 Å². The van der Waals surface area contributed by atoms with Gasteiger partial charge in [-0.15, -0.1) is 0 Å². The van der Waals surface area contributed by atoms with Gasteiger partial charge in [0.05, 0.1) is 12.0 Å². The number of rotatable bonds is 3. The number of hydrogen-bond acceptors (Lipinski definition) is 6. The van der Waals surface area contributed by atoms with E-state index < -0.39 is 5.82 Å². The van der Waals surface area contributed by atoms with E-state index in [0.717, 1.165) is 25.3 Å². The van der Waals surface area contributed by atoms with Crippen LogP contribution in [0.25, 0.3) is 10.9 Å². The van der Waals surface area contributed by atoms with Crippen LogP contribution in [-0.2, 0) is 4.74 Å². The summed E-state index contributed by atoms with van der Waals surface area (Å²) in [5, 5.41) is 0.892. The molecule has 3 rings (SSSR count). The number of nitrogens with zero attached hydrogens (tertiary/aromatic N) is 4. The van der Waals surface area contributed by atoms with E-state index in [2.05, 4.69) is 35.8 Å². The Morgan fingerprint density at radius 2 is 2.13 bits per heavy atom. The highest BCUT2D eigenvalue weighted by Crippen LogP contribution is 2.35. The van der Waals surface area contributed by atoms with E-state index in [0.29, 0.717) is 34.1 Å². The summed E-state index contributed by atoms with van der Waals surface area (Å²) in [6, 6.07) is 0. The van der Waals surface area contributed by atoms with Crippen LogP contribution in [-0.4, -0.2) is 47.0 Å². The Kier molecular flexibility index (Phi) is 5.56. The van der Waals surface area contributed by atoms with Crippen LogP contribution in [0.2, 0.25) is 5.15 Å². The van der Waals surface area contributed by atoms with Crippen molar-refractivity contribution in [1.29, 1.82) is 0 Å². The fraction of sp³-hybridized carbons (Fsp3) is 0.500. The van der Waals surface area contributed by atoms with Crippen LogP contribution in [0.3, 0.4) is 0 Å². The van der Waals surface area contributed by atoms with Gasteiger partial charge in [-0.05, 0) is 28.1 Å². The number of halogens is 3. The van der Waals surface area contributed by atoms with Gasteiger partial charge in [0.25, 0.3) is 0 Å². The minimum absolute atomic E-state index is 0.194. The van der Waals surface area contributed by atoms with Gasteiger partial charge < -0.3 is 9.64 Å². The lowest BCUT2D eigenvalue weighted by atomic mass is 10.2. The van der Waals surface area contributed by atoms with Crippen molar-refractivity contribution in [2.75, 3.05) is 37.0 Å². The number of fused-ring (bicyclic) bond motifs is 1. The topological polar surface area (TPSA) is 51.1 Å². The molecule has 0 N–H and O–H groups in total.